The van der Waals surface area contributed by atoms with Gasteiger partial charge in [0.25, 0.3) is 0 Å². The van der Waals surface area contributed by atoms with Crippen molar-refractivity contribution in [1.82, 2.24) is 5.32 Å². The molecule has 0 bridgehead atoms. The molecule has 0 aromatic rings. The summed E-state index contributed by atoms with van der Waals surface area (Å²) in [4.78, 5) is 11.0. The minimum atomic E-state index is -0.553. The average Bonchev–Trinajstić information content (AvgIpc) is 2.16. The molecule has 0 aliphatic heterocycles. The van der Waals surface area contributed by atoms with E-state index in [9.17, 15) is 4.79 Å². The zero-order valence-corrected chi connectivity index (χ0v) is 8.17. The first kappa shape index (κ1) is 11.9. The van der Waals surface area contributed by atoms with Crippen molar-refractivity contribution < 1.29 is 9.53 Å². The van der Waals surface area contributed by atoms with Crippen molar-refractivity contribution >= 4 is 5.91 Å². The molecule has 0 heterocycles. The number of amides is 1. The zero-order valence-electron chi connectivity index (χ0n) is 8.17. The summed E-state index contributed by atoms with van der Waals surface area (Å²) in [5, 5.41) is 11.1. The molecule has 0 aliphatic carbocycles. The van der Waals surface area contributed by atoms with Gasteiger partial charge in [0.1, 0.15) is 5.92 Å². The third-order valence-electron chi connectivity index (χ3n) is 1.66. The number of methoxy groups -OCH3 is 1. The summed E-state index contributed by atoms with van der Waals surface area (Å²) in [5.74, 6) is -0.748. The Labute approximate surface area is 78.9 Å². The maximum Gasteiger partial charge on any atom is 0.237 e. The molecule has 0 radical (unpaired) electrons. The number of carbonyl (C=O) groups is 1. The van der Waals surface area contributed by atoms with Gasteiger partial charge in [-0.1, -0.05) is 0 Å². The van der Waals surface area contributed by atoms with Crippen LogP contribution in [0.2, 0.25) is 0 Å². The quantitative estimate of drug-likeness (QED) is 0.618. The molecule has 0 aliphatic rings. The predicted octanol–water partition coefficient (Wildman–Crippen LogP) is 0.689. The van der Waals surface area contributed by atoms with E-state index in [1.807, 2.05) is 6.07 Å². The molecular weight excluding hydrogens is 168 g/mol. The predicted molar refractivity (Wildman–Crippen MR) is 48.9 cm³/mol. The van der Waals surface area contributed by atoms with E-state index < -0.39 is 5.92 Å². The Morgan fingerprint density at radius 1 is 1.62 bits per heavy atom. The van der Waals surface area contributed by atoms with Crippen LogP contribution in [0.5, 0.6) is 0 Å². The Balaban J connectivity index is 3.33. The Morgan fingerprint density at radius 3 is 2.85 bits per heavy atom. The molecule has 0 saturated carbocycles. The first-order chi connectivity index (χ1) is 6.22. The monoisotopic (exact) mass is 184 g/mol. The Hall–Kier alpha value is -1.08. The maximum atomic E-state index is 11.0. The van der Waals surface area contributed by atoms with Crippen LogP contribution >= 0.6 is 0 Å². The highest BCUT2D eigenvalue weighted by molar-refractivity contribution is 5.80. The maximum absolute atomic E-state index is 11.0. The third kappa shape index (κ3) is 6.12. The van der Waals surface area contributed by atoms with Crippen molar-refractivity contribution in [2.45, 2.75) is 19.8 Å². The lowest BCUT2D eigenvalue weighted by molar-refractivity contribution is -0.122. The van der Waals surface area contributed by atoms with E-state index in [1.165, 1.54) is 0 Å². The summed E-state index contributed by atoms with van der Waals surface area (Å²) < 4.78 is 4.85. The molecular formula is C9H16N2O2. The van der Waals surface area contributed by atoms with Gasteiger partial charge in [-0.3, -0.25) is 4.79 Å². The van der Waals surface area contributed by atoms with E-state index in [2.05, 4.69) is 5.32 Å². The number of hydrogen-bond acceptors (Lipinski definition) is 3. The Morgan fingerprint density at radius 2 is 2.31 bits per heavy atom. The molecule has 4 nitrogen and oxygen atoms in total. The lowest BCUT2D eigenvalue weighted by Gasteiger charge is -2.05. The van der Waals surface area contributed by atoms with Gasteiger partial charge >= 0.3 is 0 Å². The van der Waals surface area contributed by atoms with Gasteiger partial charge in [0.15, 0.2) is 0 Å². The lowest BCUT2D eigenvalue weighted by atomic mass is 10.2. The van der Waals surface area contributed by atoms with Gasteiger partial charge in [0.05, 0.1) is 6.07 Å². The van der Waals surface area contributed by atoms with Gasteiger partial charge in [-0.25, -0.2) is 0 Å². The summed E-state index contributed by atoms with van der Waals surface area (Å²) >= 11 is 0. The number of carbonyl (C=O) groups excluding carboxylic acids is 1. The summed E-state index contributed by atoms with van der Waals surface area (Å²) in [5.41, 5.74) is 0. The van der Waals surface area contributed by atoms with E-state index >= 15 is 0 Å². The van der Waals surface area contributed by atoms with Crippen molar-refractivity contribution in [2.75, 3.05) is 20.3 Å². The van der Waals surface area contributed by atoms with E-state index in [0.29, 0.717) is 13.2 Å². The molecule has 0 aromatic carbocycles. The lowest BCUT2D eigenvalue weighted by Crippen LogP contribution is -2.29. The first-order valence-electron chi connectivity index (χ1n) is 4.38. The number of rotatable bonds is 6. The highest BCUT2D eigenvalue weighted by Crippen LogP contribution is 1.92. The topological polar surface area (TPSA) is 62.1 Å². The highest BCUT2D eigenvalue weighted by Gasteiger charge is 2.09. The van der Waals surface area contributed by atoms with Gasteiger partial charge < -0.3 is 10.1 Å². The molecule has 74 valence electrons. The highest BCUT2D eigenvalue weighted by atomic mass is 16.5. The van der Waals surface area contributed by atoms with E-state index in [4.69, 9.17) is 10.00 Å². The molecule has 0 rings (SSSR count). The number of nitrogens with one attached hydrogen (secondary N) is 1. The van der Waals surface area contributed by atoms with Crippen molar-refractivity contribution in [2.24, 2.45) is 5.92 Å². The molecule has 1 unspecified atom stereocenters. The SMILES string of the molecule is COCCCCNC(=O)C(C)C#N. The van der Waals surface area contributed by atoms with Gasteiger partial charge in [-0.05, 0) is 19.8 Å². The fraction of sp³-hybridized carbons (Fsp3) is 0.778. The molecule has 0 spiro atoms. The van der Waals surface area contributed by atoms with Crippen LogP contribution in [-0.2, 0) is 9.53 Å². The largest absolute Gasteiger partial charge is 0.385 e. The second-order valence-corrected chi connectivity index (χ2v) is 2.84. The fourth-order valence-electron chi connectivity index (χ4n) is 0.795. The smallest absolute Gasteiger partial charge is 0.237 e. The van der Waals surface area contributed by atoms with Gasteiger partial charge in [0.2, 0.25) is 5.91 Å². The van der Waals surface area contributed by atoms with Gasteiger partial charge in [-0.2, -0.15) is 5.26 Å². The van der Waals surface area contributed by atoms with Crippen molar-refractivity contribution in [1.29, 1.82) is 5.26 Å². The number of ether oxygens (including phenoxy) is 1. The van der Waals surface area contributed by atoms with Crippen LogP contribution < -0.4 is 5.32 Å². The van der Waals surface area contributed by atoms with Gasteiger partial charge in [-0.15, -0.1) is 0 Å². The van der Waals surface area contributed by atoms with Crippen LogP contribution in [0, 0.1) is 17.2 Å². The number of nitriles is 1. The average molecular weight is 184 g/mol. The number of unbranched alkanes of at least 4 members (excludes halogenated alkanes) is 1. The van der Waals surface area contributed by atoms with E-state index in [0.717, 1.165) is 12.8 Å². The normalized spacial score (nSPS) is 11.8. The van der Waals surface area contributed by atoms with Crippen molar-refractivity contribution in [3.05, 3.63) is 0 Å². The molecule has 0 aromatic heterocycles. The van der Waals surface area contributed by atoms with Gasteiger partial charge in [0, 0.05) is 20.3 Å². The van der Waals surface area contributed by atoms with Crippen LogP contribution in [0.3, 0.4) is 0 Å². The van der Waals surface area contributed by atoms with Crippen molar-refractivity contribution in [3.63, 3.8) is 0 Å². The standard InChI is InChI=1S/C9H16N2O2/c1-8(7-10)9(12)11-5-3-4-6-13-2/h8H,3-6H2,1-2H3,(H,11,12). The van der Waals surface area contributed by atoms with E-state index in [-0.39, 0.29) is 5.91 Å². The van der Waals surface area contributed by atoms with Crippen molar-refractivity contribution in [3.8, 4) is 6.07 Å². The molecule has 0 saturated heterocycles. The number of nitrogens with zero attached hydrogens (tertiary/aromatic N) is 1. The number of hydrogen-bond donors (Lipinski definition) is 1. The fourth-order valence-corrected chi connectivity index (χ4v) is 0.795. The summed E-state index contributed by atoms with van der Waals surface area (Å²) in [6, 6.07) is 1.88. The molecule has 1 N–H and O–H groups in total. The Bertz CT molecular complexity index is 187. The molecule has 0 fully saturated rings. The molecule has 13 heavy (non-hydrogen) atoms. The summed E-state index contributed by atoms with van der Waals surface area (Å²) in [7, 11) is 1.65. The van der Waals surface area contributed by atoms with Crippen LogP contribution in [-0.4, -0.2) is 26.2 Å². The second-order valence-electron chi connectivity index (χ2n) is 2.84. The molecule has 4 heteroatoms. The molecule has 1 atom stereocenters. The minimum absolute atomic E-state index is 0.195. The van der Waals surface area contributed by atoms with Crippen LogP contribution in [0.1, 0.15) is 19.8 Å². The van der Waals surface area contributed by atoms with E-state index in [1.54, 1.807) is 14.0 Å². The van der Waals surface area contributed by atoms with Crippen LogP contribution in [0.25, 0.3) is 0 Å². The third-order valence-corrected chi connectivity index (χ3v) is 1.66. The summed E-state index contributed by atoms with van der Waals surface area (Å²) in [6.45, 7) is 2.92. The second kappa shape index (κ2) is 7.56. The van der Waals surface area contributed by atoms with Crippen LogP contribution in [0.15, 0.2) is 0 Å². The first-order valence-corrected chi connectivity index (χ1v) is 4.38. The summed E-state index contributed by atoms with van der Waals surface area (Å²) in [6.07, 6.45) is 1.81. The van der Waals surface area contributed by atoms with Crippen LogP contribution in [0.4, 0.5) is 0 Å². The zero-order chi connectivity index (χ0) is 10.1. The molecule has 1 amide bonds. The Kier molecular flexibility index (Phi) is 6.93. The minimum Gasteiger partial charge on any atom is -0.385 e.